The van der Waals surface area contributed by atoms with Crippen molar-refractivity contribution >= 4 is 5.78 Å². The Balaban J connectivity index is 3.13. The third-order valence-electron chi connectivity index (χ3n) is 10.6. The van der Waals surface area contributed by atoms with Crippen molar-refractivity contribution in [3.63, 3.8) is 0 Å². The molecule has 0 spiro atoms. The van der Waals surface area contributed by atoms with E-state index in [1.807, 2.05) is 0 Å². The van der Waals surface area contributed by atoms with Crippen LogP contribution in [0.3, 0.4) is 0 Å². The maximum atomic E-state index is 12.2. The van der Waals surface area contributed by atoms with E-state index in [9.17, 15) is 4.79 Å². The van der Waals surface area contributed by atoms with Gasteiger partial charge in [0.05, 0.1) is 0 Å². The van der Waals surface area contributed by atoms with Crippen molar-refractivity contribution < 1.29 is 4.79 Å². The average Bonchev–Trinajstić information content (AvgIpc) is 3.06. The fourth-order valence-electron chi connectivity index (χ4n) is 7.28. The van der Waals surface area contributed by atoms with Gasteiger partial charge >= 0.3 is 0 Å². The molecule has 0 atom stereocenters. The molecular weight excluding hydrogens is 556 g/mol. The third kappa shape index (κ3) is 41.7. The van der Waals surface area contributed by atoms with E-state index in [1.165, 1.54) is 244 Å². The van der Waals surface area contributed by atoms with Crippen LogP contribution in [0, 0.1) is 0 Å². The summed E-state index contributed by atoms with van der Waals surface area (Å²) in [6.45, 7) is 4.60. The minimum Gasteiger partial charge on any atom is -0.300 e. The fourth-order valence-corrected chi connectivity index (χ4v) is 7.28. The molecule has 1 nitrogen and oxygen atoms in total. The number of Topliss-reactive ketones (excluding diaryl/α,β-unsaturated/α-hetero) is 1. The van der Waals surface area contributed by atoms with Gasteiger partial charge in [0.15, 0.2) is 0 Å². The molecule has 0 radical (unpaired) electrons. The van der Waals surface area contributed by atoms with Crippen molar-refractivity contribution in [2.24, 2.45) is 0 Å². The number of carbonyl (C=O) groups is 1. The van der Waals surface area contributed by atoms with E-state index in [0.717, 1.165) is 25.7 Å². The summed E-state index contributed by atoms with van der Waals surface area (Å²) in [5.74, 6) is 0.532. The van der Waals surface area contributed by atoms with Crippen LogP contribution in [0.15, 0.2) is 0 Å². The number of rotatable bonds is 42. The number of hydrogen-bond acceptors (Lipinski definition) is 1. The molecule has 0 amide bonds. The highest BCUT2D eigenvalue weighted by atomic mass is 16.1. The van der Waals surface area contributed by atoms with Gasteiger partial charge in [-0.25, -0.2) is 0 Å². The average molecular weight is 647 g/mol. The van der Waals surface area contributed by atoms with Gasteiger partial charge in [-0.05, 0) is 12.8 Å². The van der Waals surface area contributed by atoms with Gasteiger partial charge in [0.2, 0.25) is 0 Å². The van der Waals surface area contributed by atoms with Crippen LogP contribution in [-0.2, 0) is 4.79 Å². The molecule has 0 aliphatic carbocycles. The Labute approximate surface area is 293 Å². The minimum absolute atomic E-state index is 0.532. The summed E-state index contributed by atoms with van der Waals surface area (Å²) >= 11 is 0. The third-order valence-corrected chi connectivity index (χ3v) is 10.6. The topological polar surface area (TPSA) is 17.1 Å². The molecule has 1 heteroatoms. The number of ketones is 1. The summed E-state index contributed by atoms with van der Waals surface area (Å²) in [5.41, 5.74) is 0. The van der Waals surface area contributed by atoms with Crippen molar-refractivity contribution in [3.05, 3.63) is 0 Å². The van der Waals surface area contributed by atoms with E-state index in [2.05, 4.69) is 13.8 Å². The van der Waals surface area contributed by atoms with E-state index in [0.29, 0.717) is 5.78 Å². The molecule has 0 N–H and O–H groups in total. The zero-order valence-corrected chi connectivity index (χ0v) is 32.6. The van der Waals surface area contributed by atoms with Gasteiger partial charge in [0.1, 0.15) is 5.78 Å². The first-order valence-electron chi connectivity index (χ1n) is 22.3. The van der Waals surface area contributed by atoms with Crippen molar-refractivity contribution in [2.45, 2.75) is 284 Å². The maximum Gasteiger partial charge on any atom is 0.132 e. The second-order valence-corrected chi connectivity index (χ2v) is 15.5. The molecular formula is C45H90O. The highest BCUT2D eigenvalue weighted by molar-refractivity contribution is 5.78. The highest BCUT2D eigenvalue weighted by Crippen LogP contribution is 2.17. The van der Waals surface area contributed by atoms with E-state index in [4.69, 9.17) is 0 Å². The van der Waals surface area contributed by atoms with Crippen LogP contribution in [0.25, 0.3) is 0 Å². The molecule has 0 aromatic rings. The predicted molar refractivity (Wildman–Crippen MR) is 210 cm³/mol. The first-order chi connectivity index (χ1) is 22.8. The van der Waals surface area contributed by atoms with Crippen LogP contribution in [0.2, 0.25) is 0 Å². The van der Waals surface area contributed by atoms with Crippen LogP contribution in [0.1, 0.15) is 284 Å². The monoisotopic (exact) mass is 647 g/mol. The molecule has 0 unspecified atom stereocenters. The van der Waals surface area contributed by atoms with Crippen molar-refractivity contribution in [3.8, 4) is 0 Å². The smallest absolute Gasteiger partial charge is 0.132 e. The number of carbonyl (C=O) groups excluding carboxylic acids is 1. The largest absolute Gasteiger partial charge is 0.300 e. The molecule has 0 fully saturated rings. The Morgan fingerprint density at radius 2 is 0.348 bits per heavy atom. The fraction of sp³-hybridized carbons (Fsp3) is 0.978. The first kappa shape index (κ1) is 45.7. The Bertz CT molecular complexity index is 539. The summed E-state index contributed by atoms with van der Waals surface area (Å²) in [6.07, 6.45) is 58.3. The Morgan fingerprint density at radius 1 is 0.217 bits per heavy atom. The highest BCUT2D eigenvalue weighted by Gasteiger charge is 2.02. The molecule has 0 bridgehead atoms. The van der Waals surface area contributed by atoms with Gasteiger partial charge in [-0.3, -0.25) is 4.79 Å². The quantitative estimate of drug-likeness (QED) is 0.0603. The Hall–Kier alpha value is -0.330. The van der Waals surface area contributed by atoms with Gasteiger partial charge in [-0.1, -0.05) is 258 Å². The SMILES string of the molecule is CCCCCCCCCCCCCCCCCCCCCCCCCCC(=O)CCCCCCCCCCCCCCCCCC. The van der Waals surface area contributed by atoms with Gasteiger partial charge in [0, 0.05) is 12.8 Å². The lowest BCUT2D eigenvalue weighted by molar-refractivity contribution is -0.119. The lowest BCUT2D eigenvalue weighted by Gasteiger charge is -2.05. The lowest BCUT2D eigenvalue weighted by atomic mass is 10.0. The molecule has 0 heterocycles. The number of hydrogen-bond donors (Lipinski definition) is 0. The molecule has 0 saturated heterocycles. The summed E-state index contributed by atoms with van der Waals surface area (Å²) in [5, 5.41) is 0. The molecule has 0 aromatic heterocycles. The van der Waals surface area contributed by atoms with Crippen LogP contribution in [-0.4, -0.2) is 5.78 Å². The van der Waals surface area contributed by atoms with Gasteiger partial charge in [0.25, 0.3) is 0 Å². The summed E-state index contributed by atoms with van der Waals surface area (Å²) < 4.78 is 0. The van der Waals surface area contributed by atoms with E-state index in [1.54, 1.807) is 0 Å². The molecule has 0 aliphatic rings. The van der Waals surface area contributed by atoms with Gasteiger partial charge in [-0.2, -0.15) is 0 Å². The molecule has 46 heavy (non-hydrogen) atoms. The van der Waals surface area contributed by atoms with E-state index >= 15 is 0 Å². The molecule has 0 aromatic carbocycles. The van der Waals surface area contributed by atoms with Crippen molar-refractivity contribution in [2.75, 3.05) is 0 Å². The normalized spacial score (nSPS) is 11.5. The van der Waals surface area contributed by atoms with Crippen LogP contribution in [0.5, 0.6) is 0 Å². The number of unbranched alkanes of at least 4 members (excludes halogenated alkanes) is 38. The van der Waals surface area contributed by atoms with Crippen molar-refractivity contribution in [1.82, 2.24) is 0 Å². The molecule has 0 aliphatic heterocycles. The standard InChI is InChI=1S/C45H90O/c1-3-5-7-9-11-13-15-17-19-21-22-23-24-25-26-27-28-30-32-34-36-38-40-42-44-45(46)43-41-39-37-35-33-31-29-20-18-16-14-12-10-8-6-4-2/h3-44H2,1-2H3. The van der Waals surface area contributed by atoms with Crippen LogP contribution >= 0.6 is 0 Å². The molecule has 0 rings (SSSR count). The molecule has 0 saturated carbocycles. The Kier molecular flexibility index (Phi) is 42.4. The predicted octanol–water partition coefficient (Wildman–Crippen LogP) is 17.0. The first-order valence-corrected chi connectivity index (χ1v) is 22.3. The zero-order valence-electron chi connectivity index (χ0n) is 32.6. The minimum atomic E-state index is 0.532. The summed E-state index contributed by atoms with van der Waals surface area (Å²) in [4.78, 5) is 12.2. The van der Waals surface area contributed by atoms with E-state index < -0.39 is 0 Å². The second-order valence-electron chi connectivity index (χ2n) is 15.5. The summed E-state index contributed by atoms with van der Waals surface area (Å²) in [7, 11) is 0. The summed E-state index contributed by atoms with van der Waals surface area (Å²) in [6, 6.07) is 0. The van der Waals surface area contributed by atoms with E-state index in [-0.39, 0.29) is 0 Å². The molecule has 276 valence electrons. The lowest BCUT2D eigenvalue weighted by Crippen LogP contribution is -1.97. The van der Waals surface area contributed by atoms with Gasteiger partial charge < -0.3 is 0 Å². The van der Waals surface area contributed by atoms with Crippen molar-refractivity contribution in [1.29, 1.82) is 0 Å². The maximum absolute atomic E-state index is 12.2. The zero-order chi connectivity index (χ0) is 33.3. The van der Waals surface area contributed by atoms with Gasteiger partial charge in [-0.15, -0.1) is 0 Å². The Morgan fingerprint density at radius 3 is 0.500 bits per heavy atom. The second kappa shape index (κ2) is 42.7. The van der Waals surface area contributed by atoms with Crippen LogP contribution in [0.4, 0.5) is 0 Å². The van der Waals surface area contributed by atoms with Crippen LogP contribution < -0.4 is 0 Å².